The number of nitrogens with zero attached hydrogens (tertiary/aromatic N) is 2. The molecule has 1 aromatic carbocycles. The molecule has 0 fully saturated rings. The van der Waals surface area contributed by atoms with E-state index in [4.69, 9.17) is 4.74 Å². The van der Waals surface area contributed by atoms with E-state index in [9.17, 15) is 9.59 Å². The number of carbonyl (C=O) groups excluding carboxylic acids is 2. The van der Waals surface area contributed by atoms with E-state index in [0.29, 0.717) is 18.7 Å². The molecule has 24 heavy (non-hydrogen) atoms. The van der Waals surface area contributed by atoms with Crippen LogP contribution in [-0.4, -0.2) is 42.4 Å². The lowest BCUT2D eigenvalue weighted by atomic mass is 10.2. The van der Waals surface area contributed by atoms with Gasteiger partial charge in [0, 0.05) is 38.1 Å². The number of benzene rings is 1. The molecule has 2 aromatic rings. The van der Waals surface area contributed by atoms with E-state index < -0.39 is 11.8 Å². The number of hydrogen-bond acceptors (Lipinski definition) is 4. The van der Waals surface area contributed by atoms with Crippen LogP contribution in [0.25, 0.3) is 0 Å². The number of rotatable bonds is 6. The van der Waals surface area contributed by atoms with Crippen molar-refractivity contribution in [2.45, 2.75) is 13.0 Å². The third kappa shape index (κ3) is 4.81. The van der Waals surface area contributed by atoms with E-state index in [2.05, 4.69) is 10.3 Å². The first-order valence-electron chi connectivity index (χ1n) is 7.66. The maximum atomic E-state index is 12.1. The monoisotopic (exact) mass is 327 g/mol. The van der Waals surface area contributed by atoms with Gasteiger partial charge in [0.15, 0.2) is 0 Å². The van der Waals surface area contributed by atoms with Gasteiger partial charge in [-0.3, -0.25) is 14.6 Å². The van der Waals surface area contributed by atoms with Gasteiger partial charge >= 0.3 is 11.8 Å². The van der Waals surface area contributed by atoms with Crippen molar-refractivity contribution in [2.24, 2.45) is 0 Å². The molecule has 0 atom stereocenters. The number of pyridine rings is 1. The van der Waals surface area contributed by atoms with Crippen LogP contribution in [0.2, 0.25) is 0 Å². The number of methoxy groups -OCH3 is 1. The third-order valence-electron chi connectivity index (χ3n) is 3.66. The fraction of sp³-hybridized carbons (Fsp3) is 0.278. The molecule has 2 rings (SSSR count). The smallest absolute Gasteiger partial charge is 0.311 e. The van der Waals surface area contributed by atoms with Gasteiger partial charge in [0.25, 0.3) is 0 Å². The Bertz CT molecular complexity index is 689. The molecule has 0 bridgehead atoms. The van der Waals surface area contributed by atoms with Gasteiger partial charge in [-0.15, -0.1) is 0 Å². The Balaban J connectivity index is 1.84. The molecule has 0 aliphatic rings. The third-order valence-corrected chi connectivity index (χ3v) is 3.66. The molecule has 6 nitrogen and oxygen atoms in total. The summed E-state index contributed by atoms with van der Waals surface area (Å²) in [6.07, 6.45) is 4.08. The molecule has 0 saturated heterocycles. The van der Waals surface area contributed by atoms with Crippen molar-refractivity contribution in [2.75, 3.05) is 20.7 Å². The predicted molar refractivity (Wildman–Crippen MR) is 90.4 cm³/mol. The van der Waals surface area contributed by atoms with Crippen LogP contribution in [0.15, 0.2) is 48.8 Å². The van der Waals surface area contributed by atoms with Gasteiger partial charge in [-0.25, -0.2) is 0 Å². The Kier molecular flexibility index (Phi) is 6.31. The van der Waals surface area contributed by atoms with Crippen molar-refractivity contribution in [1.82, 2.24) is 15.2 Å². The van der Waals surface area contributed by atoms with Gasteiger partial charge in [-0.1, -0.05) is 18.2 Å². The summed E-state index contributed by atoms with van der Waals surface area (Å²) < 4.78 is 5.22. The van der Waals surface area contributed by atoms with Crippen LogP contribution >= 0.6 is 0 Å². The molecule has 1 heterocycles. The highest BCUT2D eigenvalue weighted by molar-refractivity contribution is 6.34. The van der Waals surface area contributed by atoms with E-state index in [1.807, 2.05) is 36.4 Å². The summed E-state index contributed by atoms with van der Waals surface area (Å²) in [6.45, 7) is 0.706. The number of hydrogen-bond donors (Lipinski definition) is 1. The molecule has 0 unspecified atom stereocenters. The maximum absolute atomic E-state index is 12.1. The van der Waals surface area contributed by atoms with Crippen molar-refractivity contribution >= 4 is 11.8 Å². The molecule has 1 N–H and O–H groups in total. The van der Waals surface area contributed by atoms with Crippen LogP contribution in [-0.2, 0) is 22.6 Å². The fourth-order valence-electron chi connectivity index (χ4n) is 2.22. The summed E-state index contributed by atoms with van der Waals surface area (Å²) >= 11 is 0. The van der Waals surface area contributed by atoms with Crippen molar-refractivity contribution in [3.63, 3.8) is 0 Å². The summed E-state index contributed by atoms with van der Waals surface area (Å²) in [6, 6.07) is 11.1. The molecule has 0 spiro atoms. The lowest BCUT2D eigenvalue weighted by molar-refractivity contribution is -0.145. The maximum Gasteiger partial charge on any atom is 0.311 e. The molecular weight excluding hydrogens is 306 g/mol. The SMILES string of the molecule is COc1ccccc1CNC(=O)C(=O)N(C)CCc1ccncc1. The van der Waals surface area contributed by atoms with Gasteiger partial charge < -0.3 is 15.0 Å². The highest BCUT2D eigenvalue weighted by atomic mass is 16.5. The summed E-state index contributed by atoms with van der Waals surface area (Å²) in [5, 5.41) is 2.63. The zero-order valence-electron chi connectivity index (χ0n) is 13.9. The Labute approximate surface area is 141 Å². The van der Waals surface area contributed by atoms with Gasteiger partial charge in [0.05, 0.1) is 7.11 Å². The molecule has 0 saturated carbocycles. The minimum Gasteiger partial charge on any atom is -0.496 e. The van der Waals surface area contributed by atoms with Crippen LogP contribution in [0, 0.1) is 0 Å². The fourth-order valence-corrected chi connectivity index (χ4v) is 2.22. The standard InChI is InChI=1S/C18H21N3O3/c1-21(12-9-14-7-10-19-11-8-14)18(23)17(22)20-13-15-5-3-4-6-16(15)24-2/h3-8,10-11H,9,12-13H2,1-2H3,(H,20,22). The topological polar surface area (TPSA) is 71.5 Å². The van der Waals surface area contributed by atoms with Crippen LogP contribution in [0.4, 0.5) is 0 Å². The second kappa shape index (κ2) is 8.67. The molecule has 2 amide bonds. The summed E-state index contributed by atoms with van der Waals surface area (Å²) in [4.78, 5) is 29.5. The zero-order chi connectivity index (χ0) is 17.4. The Hall–Kier alpha value is -2.89. The molecule has 0 aliphatic heterocycles. The quantitative estimate of drug-likeness (QED) is 0.814. The lowest BCUT2D eigenvalue weighted by Gasteiger charge is -2.17. The minimum atomic E-state index is -0.627. The van der Waals surface area contributed by atoms with Gasteiger partial charge in [0.2, 0.25) is 0 Å². The molecule has 0 radical (unpaired) electrons. The summed E-state index contributed by atoms with van der Waals surface area (Å²) in [7, 11) is 3.19. The second-order valence-corrected chi connectivity index (χ2v) is 5.33. The molecule has 6 heteroatoms. The second-order valence-electron chi connectivity index (χ2n) is 5.33. The van der Waals surface area contributed by atoms with Crippen molar-refractivity contribution in [3.8, 4) is 5.75 Å². The summed E-state index contributed by atoms with van der Waals surface area (Å²) in [5.41, 5.74) is 1.89. The van der Waals surface area contributed by atoms with E-state index in [0.717, 1.165) is 11.1 Å². The van der Waals surface area contributed by atoms with Crippen LogP contribution in [0.1, 0.15) is 11.1 Å². The minimum absolute atomic E-state index is 0.243. The lowest BCUT2D eigenvalue weighted by Crippen LogP contribution is -2.41. The number of para-hydroxylation sites is 1. The van der Waals surface area contributed by atoms with Gasteiger partial charge in [-0.05, 0) is 30.2 Å². The molecular formula is C18H21N3O3. The van der Waals surface area contributed by atoms with E-state index >= 15 is 0 Å². The number of nitrogens with one attached hydrogen (secondary N) is 1. The average Bonchev–Trinajstić information content (AvgIpc) is 2.64. The molecule has 0 aliphatic carbocycles. The van der Waals surface area contributed by atoms with Gasteiger partial charge in [0.1, 0.15) is 5.75 Å². The van der Waals surface area contributed by atoms with E-state index in [1.165, 1.54) is 4.90 Å². The van der Waals surface area contributed by atoms with Crippen molar-refractivity contribution in [3.05, 3.63) is 59.9 Å². The first-order chi connectivity index (χ1) is 11.6. The Morgan fingerprint density at radius 1 is 1.17 bits per heavy atom. The number of likely N-dealkylation sites (N-methyl/N-ethyl adjacent to an activating group) is 1. The number of aromatic nitrogens is 1. The zero-order valence-corrected chi connectivity index (χ0v) is 13.9. The Morgan fingerprint density at radius 2 is 1.88 bits per heavy atom. The number of ether oxygens (including phenoxy) is 1. The average molecular weight is 327 g/mol. The van der Waals surface area contributed by atoms with Crippen LogP contribution < -0.4 is 10.1 Å². The predicted octanol–water partition coefficient (Wildman–Crippen LogP) is 1.41. The van der Waals surface area contributed by atoms with Crippen molar-refractivity contribution in [1.29, 1.82) is 0 Å². The number of carbonyl (C=O) groups is 2. The normalized spacial score (nSPS) is 10.1. The number of amides is 2. The van der Waals surface area contributed by atoms with Crippen LogP contribution in [0.3, 0.4) is 0 Å². The van der Waals surface area contributed by atoms with Crippen molar-refractivity contribution < 1.29 is 14.3 Å². The van der Waals surface area contributed by atoms with Crippen LogP contribution in [0.5, 0.6) is 5.75 Å². The molecule has 1 aromatic heterocycles. The largest absolute Gasteiger partial charge is 0.496 e. The van der Waals surface area contributed by atoms with Gasteiger partial charge in [-0.2, -0.15) is 0 Å². The highest BCUT2D eigenvalue weighted by Crippen LogP contribution is 2.16. The van der Waals surface area contributed by atoms with E-state index in [-0.39, 0.29) is 6.54 Å². The Morgan fingerprint density at radius 3 is 2.58 bits per heavy atom. The first kappa shape index (κ1) is 17.5. The highest BCUT2D eigenvalue weighted by Gasteiger charge is 2.18. The molecule has 126 valence electrons. The van der Waals surface area contributed by atoms with E-state index in [1.54, 1.807) is 26.6 Å². The summed E-state index contributed by atoms with van der Waals surface area (Å²) in [5.74, 6) is -0.506. The first-order valence-corrected chi connectivity index (χ1v) is 7.66.